The highest BCUT2D eigenvalue weighted by atomic mass is 16.3. The van der Waals surface area contributed by atoms with E-state index < -0.39 is 0 Å². The summed E-state index contributed by atoms with van der Waals surface area (Å²) in [5.41, 5.74) is 4.74. The maximum Gasteiger partial charge on any atom is 0.291 e. The summed E-state index contributed by atoms with van der Waals surface area (Å²) >= 11 is 0. The van der Waals surface area contributed by atoms with E-state index in [-0.39, 0.29) is 17.6 Å². The summed E-state index contributed by atoms with van der Waals surface area (Å²) in [6.07, 6.45) is 10.2. The Morgan fingerprint density at radius 2 is 1.76 bits per heavy atom. The lowest BCUT2D eigenvalue weighted by Crippen LogP contribution is -2.19. The van der Waals surface area contributed by atoms with Gasteiger partial charge in [-0.3, -0.25) is 9.59 Å². The number of hydrogen-bond acceptors (Lipinski definition) is 4. The Kier molecular flexibility index (Phi) is 9.69. The molecule has 2 aromatic rings. The maximum atomic E-state index is 12.1. The highest BCUT2D eigenvalue weighted by molar-refractivity contribution is 6.04. The van der Waals surface area contributed by atoms with Crippen molar-refractivity contribution < 1.29 is 14.0 Å². The number of anilines is 1. The molecule has 156 valence electrons. The fourth-order valence-corrected chi connectivity index (χ4v) is 2.93. The van der Waals surface area contributed by atoms with Gasteiger partial charge in [0.1, 0.15) is 0 Å². The Hall–Kier alpha value is -2.89. The van der Waals surface area contributed by atoms with Crippen LogP contribution in [0.1, 0.15) is 81.3 Å². The van der Waals surface area contributed by atoms with Crippen LogP contribution < -0.4 is 10.7 Å². The second-order valence-corrected chi connectivity index (χ2v) is 7.12. The van der Waals surface area contributed by atoms with E-state index in [1.807, 2.05) is 25.1 Å². The number of amides is 2. The molecule has 0 radical (unpaired) electrons. The summed E-state index contributed by atoms with van der Waals surface area (Å²) in [7, 11) is 0. The van der Waals surface area contributed by atoms with Crippen LogP contribution in [0.25, 0.3) is 0 Å². The van der Waals surface area contributed by atoms with Gasteiger partial charge in [-0.25, -0.2) is 5.43 Å². The topological polar surface area (TPSA) is 83.7 Å². The zero-order valence-electron chi connectivity index (χ0n) is 17.4. The number of benzene rings is 1. The van der Waals surface area contributed by atoms with E-state index in [2.05, 4.69) is 22.8 Å². The SMILES string of the molecule is CCCCCCCCCC(=O)NN=C(C)c1cccc(NC(=O)c2ccco2)c1. The molecule has 0 aliphatic heterocycles. The Balaban J connectivity index is 1.77. The molecule has 1 aromatic carbocycles. The van der Waals surface area contributed by atoms with E-state index in [1.54, 1.807) is 18.2 Å². The Labute approximate surface area is 172 Å². The number of hydrogen-bond donors (Lipinski definition) is 2. The van der Waals surface area contributed by atoms with Crippen molar-refractivity contribution in [2.75, 3.05) is 5.32 Å². The van der Waals surface area contributed by atoms with E-state index in [4.69, 9.17) is 4.42 Å². The van der Waals surface area contributed by atoms with Crippen LogP contribution in [0, 0.1) is 0 Å². The molecule has 0 atom stereocenters. The summed E-state index contributed by atoms with van der Waals surface area (Å²) in [5.74, 6) is -0.136. The number of furan rings is 1. The van der Waals surface area contributed by atoms with Crippen molar-refractivity contribution in [1.82, 2.24) is 5.43 Å². The zero-order valence-corrected chi connectivity index (χ0v) is 17.4. The van der Waals surface area contributed by atoms with Crippen molar-refractivity contribution in [3.63, 3.8) is 0 Å². The van der Waals surface area contributed by atoms with E-state index in [0.29, 0.717) is 17.8 Å². The first-order chi connectivity index (χ1) is 14.1. The van der Waals surface area contributed by atoms with Crippen molar-refractivity contribution in [1.29, 1.82) is 0 Å². The smallest absolute Gasteiger partial charge is 0.291 e. The lowest BCUT2D eigenvalue weighted by molar-refractivity contribution is -0.121. The lowest BCUT2D eigenvalue weighted by Gasteiger charge is -2.07. The van der Waals surface area contributed by atoms with Crippen molar-refractivity contribution in [2.45, 2.75) is 65.2 Å². The first-order valence-electron chi connectivity index (χ1n) is 10.4. The summed E-state index contributed by atoms with van der Waals surface area (Å²) < 4.78 is 5.09. The maximum absolute atomic E-state index is 12.1. The van der Waals surface area contributed by atoms with E-state index in [0.717, 1.165) is 18.4 Å². The largest absolute Gasteiger partial charge is 0.459 e. The third-order valence-electron chi connectivity index (χ3n) is 4.64. The van der Waals surface area contributed by atoms with Crippen molar-refractivity contribution in [3.8, 4) is 0 Å². The third-order valence-corrected chi connectivity index (χ3v) is 4.64. The Morgan fingerprint density at radius 3 is 2.48 bits per heavy atom. The van der Waals surface area contributed by atoms with E-state index in [1.165, 1.54) is 38.4 Å². The van der Waals surface area contributed by atoms with Gasteiger partial charge in [0, 0.05) is 12.1 Å². The number of unbranched alkanes of at least 4 members (excludes halogenated alkanes) is 6. The minimum atomic E-state index is -0.315. The predicted molar refractivity (Wildman–Crippen MR) is 116 cm³/mol. The molecular formula is C23H31N3O3. The predicted octanol–water partition coefficient (Wildman–Crippen LogP) is 5.51. The number of carbonyl (C=O) groups excluding carboxylic acids is 2. The van der Waals surface area contributed by atoms with Gasteiger partial charge in [0.15, 0.2) is 5.76 Å². The average Bonchev–Trinajstić information content (AvgIpc) is 3.26. The quantitative estimate of drug-likeness (QED) is 0.281. The van der Waals surface area contributed by atoms with Gasteiger partial charge in [0.2, 0.25) is 5.91 Å². The molecule has 6 heteroatoms. The van der Waals surface area contributed by atoms with Gasteiger partial charge in [-0.05, 0) is 43.2 Å². The molecule has 0 unspecified atom stereocenters. The molecule has 6 nitrogen and oxygen atoms in total. The molecule has 0 fully saturated rings. The van der Waals surface area contributed by atoms with Crippen LogP contribution in [-0.4, -0.2) is 17.5 Å². The fraction of sp³-hybridized carbons (Fsp3) is 0.435. The van der Waals surface area contributed by atoms with Gasteiger partial charge in [-0.1, -0.05) is 57.6 Å². The summed E-state index contributed by atoms with van der Waals surface area (Å²) in [5, 5.41) is 6.97. The Morgan fingerprint density at radius 1 is 1.00 bits per heavy atom. The molecule has 1 heterocycles. The Bertz CT molecular complexity index is 797. The van der Waals surface area contributed by atoms with Crippen molar-refractivity contribution in [2.24, 2.45) is 5.10 Å². The van der Waals surface area contributed by atoms with Crippen LogP contribution in [0.4, 0.5) is 5.69 Å². The zero-order chi connectivity index (χ0) is 20.9. The highest BCUT2D eigenvalue weighted by Crippen LogP contribution is 2.14. The molecule has 0 saturated heterocycles. The molecule has 2 N–H and O–H groups in total. The number of carbonyl (C=O) groups is 2. The molecule has 29 heavy (non-hydrogen) atoms. The molecule has 1 aromatic heterocycles. The average molecular weight is 398 g/mol. The molecule has 0 saturated carbocycles. The van der Waals surface area contributed by atoms with Crippen LogP contribution in [0.5, 0.6) is 0 Å². The molecule has 2 rings (SSSR count). The van der Waals surface area contributed by atoms with Gasteiger partial charge in [-0.2, -0.15) is 5.10 Å². The number of hydrazone groups is 1. The molecule has 0 spiro atoms. The second kappa shape index (κ2) is 12.5. The van der Waals surface area contributed by atoms with Gasteiger partial charge in [0.25, 0.3) is 5.91 Å². The van der Waals surface area contributed by atoms with Crippen LogP contribution in [0.2, 0.25) is 0 Å². The fourth-order valence-electron chi connectivity index (χ4n) is 2.93. The summed E-state index contributed by atoms with van der Waals surface area (Å²) in [6.45, 7) is 4.03. The van der Waals surface area contributed by atoms with Crippen LogP contribution >= 0.6 is 0 Å². The highest BCUT2D eigenvalue weighted by Gasteiger charge is 2.09. The molecule has 2 amide bonds. The first-order valence-corrected chi connectivity index (χ1v) is 10.4. The van der Waals surface area contributed by atoms with Crippen LogP contribution in [0.15, 0.2) is 52.2 Å². The van der Waals surface area contributed by atoms with Crippen LogP contribution in [0.3, 0.4) is 0 Å². The second-order valence-electron chi connectivity index (χ2n) is 7.12. The van der Waals surface area contributed by atoms with Gasteiger partial charge >= 0.3 is 0 Å². The third kappa shape index (κ3) is 8.34. The monoisotopic (exact) mass is 397 g/mol. The number of nitrogens with zero attached hydrogens (tertiary/aromatic N) is 1. The van der Waals surface area contributed by atoms with Crippen molar-refractivity contribution >= 4 is 23.2 Å². The number of nitrogens with one attached hydrogen (secondary N) is 2. The van der Waals surface area contributed by atoms with E-state index >= 15 is 0 Å². The van der Waals surface area contributed by atoms with E-state index in [9.17, 15) is 9.59 Å². The van der Waals surface area contributed by atoms with Gasteiger partial charge < -0.3 is 9.73 Å². The molecule has 0 aliphatic carbocycles. The standard InChI is InChI=1S/C23H31N3O3/c1-3-4-5-6-7-8-9-15-22(27)26-25-18(2)19-12-10-13-20(17-19)24-23(28)21-14-11-16-29-21/h10-14,16-17H,3-9,15H2,1-2H3,(H,24,28)(H,26,27). The minimum absolute atomic E-state index is 0.0693. The molecule has 0 aliphatic rings. The lowest BCUT2D eigenvalue weighted by atomic mass is 10.1. The molecular weight excluding hydrogens is 366 g/mol. The van der Waals surface area contributed by atoms with Gasteiger partial charge in [0.05, 0.1) is 12.0 Å². The summed E-state index contributed by atoms with van der Waals surface area (Å²) in [4.78, 5) is 24.1. The molecule has 0 bridgehead atoms. The van der Waals surface area contributed by atoms with Gasteiger partial charge in [-0.15, -0.1) is 0 Å². The minimum Gasteiger partial charge on any atom is -0.459 e. The van der Waals surface area contributed by atoms with Crippen LogP contribution in [-0.2, 0) is 4.79 Å². The normalized spacial score (nSPS) is 11.3. The number of rotatable bonds is 12. The summed E-state index contributed by atoms with van der Waals surface area (Å²) in [6, 6.07) is 10.6. The first kappa shape index (κ1) is 22.4. The van der Waals surface area contributed by atoms with Crippen molar-refractivity contribution in [3.05, 3.63) is 54.0 Å².